The number of methoxy groups -OCH3 is 1. The van der Waals surface area contributed by atoms with Gasteiger partial charge in [0.05, 0.1) is 26.2 Å². The van der Waals surface area contributed by atoms with Crippen molar-refractivity contribution >= 4 is 12.1 Å². The molecule has 1 aliphatic heterocycles. The monoisotopic (exact) mass is 622 g/mol. The van der Waals surface area contributed by atoms with Crippen LogP contribution in [0.15, 0.2) is 36.5 Å². The Hall–Kier alpha value is -3.49. The van der Waals surface area contributed by atoms with Crippen molar-refractivity contribution in [3.63, 3.8) is 0 Å². The molecule has 2 aliphatic carbocycles. The summed E-state index contributed by atoms with van der Waals surface area (Å²) in [6, 6.07) is 10.1. The topological polar surface area (TPSA) is 96.4 Å². The number of rotatable bonds is 11. The molecule has 0 bridgehead atoms. The van der Waals surface area contributed by atoms with Crippen LogP contribution in [0.25, 0.3) is 0 Å². The van der Waals surface area contributed by atoms with Gasteiger partial charge in [-0.3, -0.25) is 4.79 Å². The van der Waals surface area contributed by atoms with Gasteiger partial charge in [-0.25, -0.2) is 9.78 Å². The van der Waals surface area contributed by atoms with Crippen molar-refractivity contribution in [2.45, 2.75) is 115 Å². The third kappa shape index (κ3) is 9.27. The number of amides is 1. The van der Waals surface area contributed by atoms with Crippen LogP contribution in [0, 0.1) is 5.92 Å². The number of carbonyl (C=O) groups excluding carboxylic acids is 2. The molecule has 2 heterocycles. The Balaban J connectivity index is 1.16. The van der Waals surface area contributed by atoms with E-state index < -0.39 is 5.60 Å². The van der Waals surface area contributed by atoms with E-state index in [0.717, 1.165) is 68.4 Å². The van der Waals surface area contributed by atoms with E-state index in [0.29, 0.717) is 43.8 Å². The van der Waals surface area contributed by atoms with Crippen molar-refractivity contribution in [2.24, 2.45) is 5.92 Å². The molecule has 2 aromatic rings. The summed E-state index contributed by atoms with van der Waals surface area (Å²) in [7, 11) is 1.67. The molecule has 246 valence electrons. The van der Waals surface area contributed by atoms with E-state index in [2.05, 4.69) is 11.1 Å². The van der Waals surface area contributed by atoms with E-state index in [4.69, 9.17) is 23.7 Å². The fourth-order valence-corrected chi connectivity index (χ4v) is 6.57. The number of nitrogens with zero attached hydrogens (tertiary/aromatic N) is 2. The molecule has 1 atom stereocenters. The highest BCUT2D eigenvalue weighted by molar-refractivity contribution is 5.70. The fourth-order valence-electron chi connectivity index (χ4n) is 6.57. The molecule has 3 fully saturated rings. The Bertz CT molecular complexity index is 1290. The second kappa shape index (κ2) is 14.7. The highest BCUT2D eigenvalue weighted by atomic mass is 16.6. The van der Waals surface area contributed by atoms with Crippen molar-refractivity contribution < 1.29 is 33.3 Å². The Morgan fingerprint density at radius 1 is 0.933 bits per heavy atom. The molecule has 1 saturated heterocycles. The van der Waals surface area contributed by atoms with Gasteiger partial charge >= 0.3 is 12.1 Å². The number of hydrogen-bond acceptors (Lipinski definition) is 8. The van der Waals surface area contributed by atoms with Crippen LogP contribution in [0.3, 0.4) is 0 Å². The van der Waals surface area contributed by atoms with Crippen LogP contribution in [-0.4, -0.2) is 66.6 Å². The maximum Gasteiger partial charge on any atom is 0.410 e. The quantitative estimate of drug-likeness (QED) is 0.239. The summed E-state index contributed by atoms with van der Waals surface area (Å²) in [5.41, 5.74) is 1.78. The summed E-state index contributed by atoms with van der Waals surface area (Å²) in [5, 5.41) is 0. The van der Waals surface area contributed by atoms with Crippen LogP contribution < -0.4 is 14.2 Å². The lowest BCUT2D eigenvalue weighted by atomic mass is 9.88. The molecule has 9 heteroatoms. The Morgan fingerprint density at radius 2 is 1.62 bits per heavy atom. The molecule has 1 aromatic carbocycles. The Kier molecular flexibility index (Phi) is 10.8. The number of carbonyl (C=O) groups is 2. The number of aromatic nitrogens is 1. The van der Waals surface area contributed by atoms with Gasteiger partial charge in [-0.15, -0.1) is 0 Å². The lowest BCUT2D eigenvalue weighted by Gasteiger charge is -2.35. The zero-order chi connectivity index (χ0) is 32.0. The van der Waals surface area contributed by atoms with E-state index in [1.165, 1.54) is 5.56 Å². The normalized spacial score (nSPS) is 21.5. The zero-order valence-corrected chi connectivity index (χ0v) is 27.6. The lowest BCUT2D eigenvalue weighted by Crippen LogP contribution is -2.41. The molecule has 0 radical (unpaired) electrons. The van der Waals surface area contributed by atoms with Gasteiger partial charge in [-0.05, 0) is 120 Å². The molecule has 0 N–H and O–H groups in total. The van der Waals surface area contributed by atoms with Gasteiger partial charge in [-0.2, -0.15) is 0 Å². The van der Waals surface area contributed by atoms with Crippen LogP contribution in [0.5, 0.6) is 17.4 Å². The van der Waals surface area contributed by atoms with Gasteiger partial charge in [0.1, 0.15) is 23.2 Å². The van der Waals surface area contributed by atoms with Gasteiger partial charge in [0.15, 0.2) is 0 Å². The highest BCUT2D eigenvalue weighted by Crippen LogP contribution is 2.45. The van der Waals surface area contributed by atoms with Crippen LogP contribution in [0.4, 0.5) is 4.79 Å². The minimum Gasteiger partial charge on any atom is -0.497 e. The number of esters is 1. The standard InChI is InChI=1S/C36H50N2O7/c1-6-42-34(39)23-31(24-7-8-24)26-15-18-37-33(21-26)44-28-11-9-27(10-12-28)43-32-22-29(41-5)13-14-30(32)25-16-19-38(20-17-25)35(40)45-36(2,3)4/h13-15,18,21-22,24-25,27-28,31H,6-12,16-17,19-20,23H2,1-5H3. The SMILES string of the molecule is CCOC(=O)CC(c1ccnc(OC2CCC(Oc3cc(OC)ccc3C3CCN(C(=O)OC(C)(C)C)CC3)CC2)c1)C1CC1. The van der Waals surface area contributed by atoms with Crippen molar-refractivity contribution in [1.82, 2.24) is 9.88 Å². The van der Waals surface area contributed by atoms with Gasteiger partial charge in [0.2, 0.25) is 5.88 Å². The molecule has 1 amide bonds. The lowest BCUT2D eigenvalue weighted by molar-refractivity contribution is -0.143. The van der Waals surface area contributed by atoms with Gasteiger partial charge < -0.3 is 28.6 Å². The number of ether oxygens (including phenoxy) is 5. The first-order valence-corrected chi connectivity index (χ1v) is 16.7. The molecule has 1 aromatic heterocycles. The van der Waals surface area contributed by atoms with Crippen LogP contribution in [-0.2, 0) is 14.3 Å². The molecular weight excluding hydrogens is 572 g/mol. The third-order valence-corrected chi connectivity index (χ3v) is 9.08. The second-order valence-corrected chi connectivity index (χ2v) is 13.7. The molecule has 2 saturated carbocycles. The zero-order valence-electron chi connectivity index (χ0n) is 27.6. The first-order valence-electron chi connectivity index (χ1n) is 16.7. The molecule has 45 heavy (non-hydrogen) atoms. The predicted molar refractivity (Wildman–Crippen MR) is 171 cm³/mol. The summed E-state index contributed by atoms with van der Waals surface area (Å²) in [6.07, 6.45) is 9.62. The molecule has 3 aliphatic rings. The minimum absolute atomic E-state index is 0.0685. The first kappa shape index (κ1) is 32.9. The van der Waals surface area contributed by atoms with E-state index >= 15 is 0 Å². The largest absolute Gasteiger partial charge is 0.497 e. The second-order valence-electron chi connectivity index (χ2n) is 13.7. The maximum absolute atomic E-state index is 12.6. The van der Waals surface area contributed by atoms with Crippen molar-refractivity contribution in [2.75, 3.05) is 26.8 Å². The van der Waals surface area contributed by atoms with Crippen LogP contribution in [0.1, 0.15) is 108 Å². The maximum atomic E-state index is 12.6. The molecule has 0 spiro atoms. The summed E-state index contributed by atoms with van der Waals surface area (Å²) in [4.78, 5) is 31.1. The van der Waals surface area contributed by atoms with E-state index in [1.807, 2.05) is 56.9 Å². The van der Waals surface area contributed by atoms with E-state index in [-0.39, 0.29) is 30.2 Å². The number of pyridine rings is 1. The van der Waals surface area contributed by atoms with Crippen molar-refractivity contribution in [3.05, 3.63) is 47.7 Å². The average Bonchev–Trinajstić information content (AvgIpc) is 3.86. The summed E-state index contributed by atoms with van der Waals surface area (Å²) in [6.45, 7) is 9.26. The van der Waals surface area contributed by atoms with Crippen molar-refractivity contribution in [3.8, 4) is 17.4 Å². The third-order valence-electron chi connectivity index (χ3n) is 9.08. The van der Waals surface area contributed by atoms with E-state index in [1.54, 1.807) is 13.3 Å². The van der Waals surface area contributed by atoms with Gasteiger partial charge in [0.25, 0.3) is 0 Å². The summed E-state index contributed by atoms with van der Waals surface area (Å²) < 4.78 is 29.4. The summed E-state index contributed by atoms with van der Waals surface area (Å²) >= 11 is 0. The molecule has 9 nitrogen and oxygen atoms in total. The van der Waals surface area contributed by atoms with Gasteiger partial charge in [-0.1, -0.05) is 6.07 Å². The van der Waals surface area contributed by atoms with Gasteiger partial charge in [0, 0.05) is 31.4 Å². The van der Waals surface area contributed by atoms with Crippen molar-refractivity contribution in [1.29, 1.82) is 0 Å². The Labute approximate surface area is 267 Å². The number of benzene rings is 1. The number of likely N-dealkylation sites (tertiary alicyclic amines) is 1. The van der Waals surface area contributed by atoms with Crippen LogP contribution >= 0.6 is 0 Å². The molecule has 1 unspecified atom stereocenters. The molecular formula is C36H50N2O7. The predicted octanol–water partition coefficient (Wildman–Crippen LogP) is 7.42. The van der Waals surface area contributed by atoms with E-state index in [9.17, 15) is 9.59 Å². The summed E-state index contributed by atoms with van der Waals surface area (Å²) in [5.74, 6) is 3.10. The first-order chi connectivity index (χ1) is 21.6. The Morgan fingerprint density at radius 3 is 2.24 bits per heavy atom. The van der Waals surface area contributed by atoms with Crippen LogP contribution in [0.2, 0.25) is 0 Å². The number of piperidine rings is 1. The fraction of sp³-hybridized carbons (Fsp3) is 0.639. The average molecular weight is 623 g/mol. The highest BCUT2D eigenvalue weighted by Gasteiger charge is 2.35. The minimum atomic E-state index is -0.500. The smallest absolute Gasteiger partial charge is 0.410 e. The number of hydrogen-bond donors (Lipinski definition) is 0. The molecule has 5 rings (SSSR count).